The summed E-state index contributed by atoms with van der Waals surface area (Å²) >= 11 is 5.88. The molecule has 2 rings (SSSR count). The van der Waals surface area contributed by atoms with E-state index in [1.807, 2.05) is 18.2 Å². The number of para-hydroxylation sites is 1. The van der Waals surface area contributed by atoms with Crippen molar-refractivity contribution in [3.8, 4) is 0 Å². The van der Waals surface area contributed by atoms with Crippen molar-refractivity contribution in [1.82, 2.24) is 0 Å². The Bertz CT molecular complexity index is 285. The molecule has 58 valence electrons. The Morgan fingerprint density at radius 1 is 1.55 bits per heavy atom. The molecular weight excluding hydrogens is 160 g/mol. The lowest BCUT2D eigenvalue weighted by Gasteiger charge is -2.03. The van der Waals surface area contributed by atoms with E-state index in [2.05, 4.69) is 5.32 Å². The van der Waals surface area contributed by atoms with Crippen LogP contribution in [0.25, 0.3) is 0 Å². The standard InChI is InChI=1S/C8H9ClN2/c9-7-4-5-2-1-3-6(10)8(5)11-7/h1-3,7,11H,4,10H2. The molecule has 0 bridgehead atoms. The first-order valence-electron chi connectivity index (χ1n) is 3.55. The van der Waals surface area contributed by atoms with E-state index in [1.54, 1.807) is 0 Å². The number of anilines is 2. The first-order chi connectivity index (χ1) is 5.27. The second-order valence-corrected chi connectivity index (χ2v) is 3.22. The summed E-state index contributed by atoms with van der Waals surface area (Å²) in [6.45, 7) is 0. The Morgan fingerprint density at radius 3 is 3.09 bits per heavy atom. The van der Waals surface area contributed by atoms with E-state index in [0.717, 1.165) is 17.8 Å². The zero-order valence-electron chi connectivity index (χ0n) is 5.97. The van der Waals surface area contributed by atoms with Crippen LogP contribution in [-0.2, 0) is 6.42 Å². The molecule has 1 aliphatic heterocycles. The normalized spacial score (nSPS) is 21.0. The lowest BCUT2D eigenvalue weighted by Crippen LogP contribution is -2.05. The smallest absolute Gasteiger partial charge is 0.105 e. The van der Waals surface area contributed by atoms with Crippen LogP contribution in [0.4, 0.5) is 11.4 Å². The van der Waals surface area contributed by atoms with Crippen LogP contribution in [0.2, 0.25) is 0 Å². The molecule has 1 aliphatic rings. The molecule has 11 heavy (non-hydrogen) atoms. The van der Waals surface area contributed by atoms with Gasteiger partial charge in [-0.2, -0.15) is 0 Å². The molecule has 1 heterocycles. The van der Waals surface area contributed by atoms with Crippen molar-refractivity contribution in [2.75, 3.05) is 11.1 Å². The molecule has 0 spiro atoms. The predicted octanol–water partition coefficient (Wildman–Crippen LogP) is 1.80. The third kappa shape index (κ3) is 1.03. The van der Waals surface area contributed by atoms with Gasteiger partial charge in [0.25, 0.3) is 0 Å². The van der Waals surface area contributed by atoms with Crippen molar-refractivity contribution >= 4 is 23.0 Å². The van der Waals surface area contributed by atoms with Gasteiger partial charge in [-0.05, 0) is 11.6 Å². The maximum absolute atomic E-state index is 5.88. The van der Waals surface area contributed by atoms with Crippen LogP contribution >= 0.6 is 11.6 Å². The van der Waals surface area contributed by atoms with E-state index in [-0.39, 0.29) is 5.50 Å². The Hall–Kier alpha value is -0.890. The molecule has 1 unspecified atom stereocenters. The van der Waals surface area contributed by atoms with E-state index in [9.17, 15) is 0 Å². The molecule has 0 saturated carbocycles. The largest absolute Gasteiger partial charge is 0.397 e. The molecule has 3 N–H and O–H groups in total. The number of benzene rings is 1. The molecule has 0 saturated heterocycles. The summed E-state index contributed by atoms with van der Waals surface area (Å²) in [5.74, 6) is 0. The zero-order valence-corrected chi connectivity index (χ0v) is 6.73. The second kappa shape index (κ2) is 2.31. The van der Waals surface area contributed by atoms with Gasteiger partial charge in [-0.3, -0.25) is 0 Å². The van der Waals surface area contributed by atoms with Gasteiger partial charge in [0.15, 0.2) is 0 Å². The quantitative estimate of drug-likeness (QED) is 0.352. The molecular formula is C8H9ClN2. The topological polar surface area (TPSA) is 38.0 Å². The highest BCUT2D eigenvalue weighted by atomic mass is 35.5. The van der Waals surface area contributed by atoms with Gasteiger partial charge in [0.1, 0.15) is 5.50 Å². The molecule has 3 heteroatoms. The fourth-order valence-electron chi connectivity index (χ4n) is 1.37. The fraction of sp³-hybridized carbons (Fsp3) is 0.250. The first-order valence-corrected chi connectivity index (χ1v) is 3.99. The SMILES string of the molecule is Nc1cccc2c1NC(Cl)C2. The van der Waals surface area contributed by atoms with E-state index < -0.39 is 0 Å². The zero-order chi connectivity index (χ0) is 7.84. The van der Waals surface area contributed by atoms with Crippen LogP contribution in [0.5, 0.6) is 0 Å². The third-order valence-corrected chi connectivity index (χ3v) is 2.15. The molecule has 0 aromatic heterocycles. The number of hydrogen-bond acceptors (Lipinski definition) is 2. The first kappa shape index (κ1) is 6.80. The number of fused-ring (bicyclic) bond motifs is 1. The van der Waals surface area contributed by atoms with Gasteiger partial charge in [-0.15, -0.1) is 0 Å². The average Bonchev–Trinajstić information content (AvgIpc) is 2.31. The van der Waals surface area contributed by atoms with E-state index in [0.29, 0.717) is 0 Å². The highest BCUT2D eigenvalue weighted by Gasteiger charge is 2.19. The van der Waals surface area contributed by atoms with Crippen LogP contribution in [0.3, 0.4) is 0 Å². The van der Waals surface area contributed by atoms with Crippen LogP contribution in [0.15, 0.2) is 18.2 Å². The van der Waals surface area contributed by atoms with Gasteiger partial charge in [0.2, 0.25) is 0 Å². The molecule has 1 aromatic rings. The summed E-state index contributed by atoms with van der Waals surface area (Å²) in [5, 5.41) is 3.11. The van der Waals surface area contributed by atoms with Gasteiger partial charge in [-0.25, -0.2) is 0 Å². The second-order valence-electron chi connectivity index (χ2n) is 2.70. The lowest BCUT2D eigenvalue weighted by atomic mass is 10.1. The minimum atomic E-state index is 0.00898. The maximum Gasteiger partial charge on any atom is 0.105 e. The lowest BCUT2D eigenvalue weighted by molar-refractivity contribution is 1.02. The van der Waals surface area contributed by atoms with Gasteiger partial charge in [-0.1, -0.05) is 23.7 Å². The number of nitrogens with one attached hydrogen (secondary N) is 1. The monoisotopic (exact) mass is 168 g/mol. The van der Waals surface area contributed by atoms with E-state index in [4.69, 9.17) is 17.3 Å². The molecule has 0 aliphatic carbocycles. The minimum Gasteiger partial charge on any atom is -0.397 e. The van der Waals surface area contributed by atoms with Crippen LogP contribution in [-0.4, -0.2) is 5.50 Å². The highest BCUT2D eigenvalue weighted by Crippen LogP contribution is 2.32. The maximum atomic E-state index is 5.88. The van der Waals surface area contributed by atoms with Crippen molar-refractivity contribution in [2.24, 2.45) is 0 Å². The summed E-state index contributed by atoms with van der Waals surface area (Å²) in [4.78, 5) is 0. The Morgan fingerprint density at radius 2 is 2.36 bits per heavy atom. The fourth-order valence-corrected chi connectivity index (χ4v) is 1.64. The number of alkyl halides is 1. The van der Waals surface area contributed by atoms with E-state index in [1.165, 1.54) is 5.56 Å². The number of nitrogen functional groups attached to an aromatic ring is 1. The number of halogens is 1. The summed E-state index contributed by atoms with van der Waals surface area (Å²) in [6, 6.07) is 5.87. The van der Waals surface area contributed by atoms with Crippen molar-refractivity contribution < 1.29 is 0 Å². The summed E-state index contributed by atoms with van der Waals surface area (Å²) in [5.41, 5.74) is 8.72. The van der Waals surface area contributed by atoms with Gasteiger partial charge in [0, 0.05) is 6.42 Å². The minimum absolute atomic E-state index is 0.00898. The molecule has 1 atom stereocenters. The van der Waals surface area contributed by atoms with E-state index >= 15 is 0 Å². The van der Waals surface area contributed by atoms with Crippen LogP contribution in [0, 0.1) is 0 Å². The molecule has 0 radical (unpaired) electrons. The highest BCUT2D eigenvalue weighted by molar-refractivity contribution is 6.22. The molecule has 0 amide bonds. The van der Waals surface area contributed by atoms with Crippen molar-refractivity contribution in [3.63, 3.8) is 0 Å². The molecule has 0 fully saturated rings. The Kier molecular flexibility index (Phi) is 1.43. The molecule has 1 aromatic carbocycles. The summed E-state index contributed by atoms with van der Waals surface area (Å²) in [7, 11) is 0. The van der Waals surface area contributed by atoms with Crippen molar-refractivity contribution in [3.05, 3.63) is 23.8 Å². The van der Waals surface area contributed by atoms with Gasteiger partial charge < -0.3 is 11.1 Å². The van der Waals surface area contributed by atoms with Gasteiger partial charge >= 0.3 is 0 Å². The Labute approximate surface area is 70.3 Å². The van der Waals surface area contributed by atoms with Gasteiger partial charge in [0.05, 0.1) is 11.4 Å². The van der Waals surface area contributed by atoms with Crippen LogP contribution < -0.4 is 11.1 Å². The third-order valence-electron chi connectivity index (χ3n) is 1.88. The summed E-state index contributed by atoms with van der Waals surface area (Å²) < 4.78 is 0. The van der Waals surface area contributed by atoms with Crippen molar-refractivity contribution in [1.29, 1.82) is 0 Å². The molecule has 2 nitrogen and oxygen atoms in total. The van der Waals surface area contributed by atoms with Crippen LogP contribution in [0.1, 0.15) is 5.56 Å². The summed E-state index contributed by atoms with van der Waals surface area (Å²) in [6.07, 6.45) is 0.863. The predicted molar refractivity (Wildman–Crippen MR) is 47.8 cm³/mol. The Balaban J connectivity index is 2.49. The average molecular weight is 169 g/mol. The number of rotatable bonds is 0. The number of nitrogens with two attached hydrogens (primary N) is 1. The van der Waals surface area contributed by atoms with Crippen molar-refractivity contribution in [2.45, 2.75) is 11.9 Å². The number of hydrogen-bond donors (Lipinski definition) is 2.